The van der Waals surface area contributed by atoms with E-state index < -0.39 is 11.7 Å². The van der Waals surface area contributed by atoms with Crippen LogP contribution in [0.5, 0.6) is 0 Å². The van der Waals surface area contributed by atoms with Crippen molar-refractivity contribution >= 4 is 5.78 Å². The highest BCUT2D eigenvalue weighted by molar-refractivity contribution is 6.01. The van der Waals surface area contributed by atoms with E-state index in [1.165, 1.54) is 24.8 Å². The fourth-order valence-electron chi connectivity index (χ4n) is 11.5. The van der Waals surface area contributed by atoms with Gasteiger partial charge in [-0.3, -0.25) is 4.79 Å². The summed E-state index contributed by atoms with van der Waals surface area (Å²) < 4.78 is 5.58. The number of allylic oxidation sites excluding steroid dienone is 2. The smallest absolute Gasteiger partial charge is 0.184 e. The standard InChI is InChI=1S/C33H52O4/c1-9-37-28(36)22-18-30(6)24(29(4,5)27(22)35)13-14-32(8)25(30)11-10-23-26-21(20(2)3)12-15-33(26,19-34)17-16-31(23,32)7/h18,21,23-26,28,34,36H,2,9-17,19H2,1,3-8H3/t21-,23+,24-,25+,26+,28?,30-,31+,32+,33+/m0/s1. The van der Waals surface area contributed by atoms with Gasteiger partial charge in [0.05, 0.1) is 0 Å². The molecule has 4 fully saturated rings. The van der Waals surface area contributed by atoms with Crippen LogP contribution in [0, 0.1) is 56.7 Å². The van der Waals surface area contributed by atoms with Gasteiger partial charge >= 0.3 is 0 Å². The van der Waals surface area contributed by atoms with Crippen molar-refractivity contribution in [2.24, 2.45) is 56.7 Å². The number of hydrogen-bond acceptors (Lipinski definition) is 4. The van der Waals surface area contributed by atoms with Gasteiger partial charge in [0.1, 0.15) is 0 Å². The first kappa shape index (κ1) is 27.6. The number of ketones is 1. The summed E-state index contributed by atoms with van der Waals surface area (Å²) in [5.41, 5.74) is 1.47. The molecule has 0 aromatic rings. The summed E-state index contributed by atoms with van der Waals surface area (Å²) in [6, 6.07) is 0. The van der Waals surface area contributed by atoms with E-state index in [1.54, 1.807) is 0 Å². The van der Waals surface area contributed by atoms with Crippen LogP contribution in [-0.4, -0.2) is 35.5 Å². The third-order valence-electron chi connectivity index (χ3n) is 13.5. The maximum Gasteiger partial charge on any atom is 0.184 e. The third-order valence-corrected chi connectivity index (χ3v) is 13.5. The number of rotatable bonds is 5. The number of hydrogen-bond donors (Lipinski definition) is 2. The van der Waals surface area contributed by atoms with Crippen molar-refractivity contribution in [3.63, 3.8) is 0 Å². The van der Waals surface area contributed by atoms with Crippen molar-refractivity contribution < 1.29 is 19.7 Å². The number of Topliss-reactive ketones (excluding diaryl/α,β-unsaturated/α-hetero) is 1. The van der Waals surface area contributed by atoms with Crippen molar-refractivity contribution in [1.82, 2.24) is 0 Å². The second-order valence-corrected chi connectivity index (χ2v) is 15.0. The molecule has 0 aromatic heterocycles. The second kappa shape index (κ2) is 8.77. The maximum absolute atomic E-state index is 13.6. The lowest BCUT2D eigenvalue weighted by molar-refractivity contribution is -0.222. The van der Waals surface area contributed by atoms with Crippen LogP contribution in [0.1, 0.15) is 99.8 Å². The fourth-order valence-corrected chi connectivity index (χ4v) is 11.5. The Morgan fingerprint density at radius 2 is 1.73 bits per heavy atom. The first-order valence-corrected chi connectivity index (χ1v) is 15.1. The number of carbonyl (C=O) groups is 1. The summed E-state index contributed by atoms with van der Waals surface area (Å²) in [5.74, 6) is 2.39. The monoisotopic (exact) mass is 512 g/mol. The molecule has 0 heterocycles. The molecule has 0 radical (unpaired) electrons. The summed E-state index contributed by atoms with van der Waals surface area (Å²) in [5, 5.41) is 21.6. The molecule has 0 spiro atoms. The SMILES string of the molecule is C=C(C)[C@@H]1CC[C@]2(CO)CC[C@]3(C)[C@H](CC[C@@H]4[C@@]5(C)C=C(C(O)OCC)C(=O)C(C)(C)[C@@H]5CC[C@]43C)[C@@H]12. The zero-order valence-corrected chi connectivity index (χ0v) is 24.5. The van der Waals surface area contributed by atoms with E-state index >= 15 is 0 Å². The molecular weight excluding hydrogens is 460 g/mol. The number of aliphatic hydroxyl groups excluding tert-OH is 2. The summed E-state index contributed by atoms with van der Waals surface area (Å²) in [6.07, 6.45) is 10.1. The lowest BCUT2D eigenvalue weighted by Gasteiger charge is -2.71. The van der Waals surface area contributed by atoms with Gasteiger partial charge in [-0.25, -0.2) is 0 Å². The molecule has 0 aliphatic heterocycles. The molecule has 1 unspecified atom stereocenters. The first-order valence-electron chi connectivity index (χ1n) is 15.1. The summed E-state index contributed by atoms with van der Waals surface area (Å²) in [6.45, 7) is 20.9. The molecule has 0 saturated heterocycles. The predicted molar refractivity (Wildman–Crippen MR) is 148 cm³/mol. The molecule has 0 bridgehead atoms. The molecule has 4 heteroatoms. The molecule has 5 aliphatic carbocycles. The molecular formula is C33H52O4. The van der Waals surface area contributed by atoms with Crippen LogP contribution < -0.4 is 0 Å². The minimum atomic E-state index is -1.15. The minimum Gasteiger partial charge on any atom is -0.396 e. The molecule has 5 aliphatic rings. The van der Waals surface area contributed by atoms with Crippen LogP contribution in [0.4, 0.5) is 0 Å². The Hall–Kier alpha value is -0.970. The van der Waals surface area contributed by atoms with Crippen LogP contribution in [0.15, 0.2) is 23.8 Å². The Morgan fingerprint density at radius 1 is 1.03 bits per heavy atom. The molecule has 208 valence electrons. The van der Waals surface area contributed by atoms with E-state index in [1.807, 2.05) is 6.92 Å². The van der Waals surface area contributed by atoms with Gasteiger partial charge in [-0.05, 0) is 116 Å². The largest absolute Gasteiger partial charge is 0.396 e. The van der Waals surface area contributed by atoms with Crippen molar-refractivity contribution in [2.75, 3.05) is 13.2 Å². The molecule has 2 N–H and O–H groups in total. The number of carbonyl (C=O) groups excluding carboxylic acids is 1. The van der Waals surface area contributed by atoms with Crippen molar-refractivity contribution in [1.29, 1.82) is 0 Å². The van der Waals surface area contributed by atoms with Crippen LogP contribution in [0.2, 0.25) is 0 Å². The van der Waals surface area contributed by atoms with Crippen molar-refractivity contribution in [3.05, 3.63) is 23.8 Å². The highest BCUT2D eigenvalue weighted by atomic mass is 16.6. The Bertz CT molecular complexity index is 996. The average Bonchev–Trinajstić information content (AvgIpc) is 3.22. The molecule has 10 atom stereocenters. The average molecular weight is 513 g/mol. The molecule has 37 heavy (non-hydrogen) atoms. The van der Waals surface area contributed by atoms with Crippen LogP contribution in [0.25, 0.3) is 0 Å². The predicted octanol–water partition coefficient (Wildman–Crippen LogP) is 6.71. The van der Waals surface area contributed by atoms with Crippen LogP contribution in [-0.2, 0) is 9.53 Å². The quantitative estimate of drug-likeness (QED) is 0.317. The Balaban J connectivity index is 1.59. The van der Waals surface area contributed by atoms with Gasteiger partial charge in [0.15, 0.2) is 12.1 Å². The van der Waals surface area contributed by atoms with E-state index in [0.29, 0.717) is 42.5 Å². The van der Waals surface area contributed by atoms with E-state index in [0.717, 1.165) is 32.1 Å². The van der Waals surface area contributed by atoms with Crippen LogP contribution in [0.3, 0.4) is 0 Å². The molecule has 4 saturated carbocycles. The van der Waals surface area contributed by atoms with Gasteiger partial charge in [-0.1, -0.05) is 52.8 Å². The summed E-state index contributed by atoms with van der Waals surface area (Å²) in [4.78, 5) is 13.6. The van der Waals surface area contributed by atoms with Gasteiger partial charge in [-0.15, -0.1) is 0 Å². The van der Waals surface area contributed by atoms with Crippen molar-refractivity contribution in [3.8, 4) is 0 Å². The Morgan fingerprint density at radius 3 is 2.35 bits per heavy atom. The zero-order valence-electron chi connectivity index (χ0n) is 24.5. The van der Waals surface area contributed by atoms with E-state index in [9.17, 15) is 15.0 Å². The van der Waals surface area contributed by atoms with Crippen molar-refractivity contribution in [2.45, 2.75) is 106 Å². The van der Waals surface area contributed by atoms with Gasteiger partial charge in [0.25, 0.3) is 0 Å². The summed E-state index contributed by atoms with van der Waals surface area (Å²) >= 11 is 0. The topological polar surface area (TPSA) is 66.8 Å². The second-order valence-electron chi connectivity index (χ2n) is 15.0. The molecule has 4 nitrogen and oxygen atoms in total. The lowest BCUT2D eigenvalue weighted by Crippen LogP contribution is -2.66. The Kier molecular flexibility index (Phi) is 6.54. The maximum atomic E-state index is 13.6. The third kappa shape index (κ3) is 3.46. The highest BCUT2D eigenvalue weighted by Gasteiger charge is 2.70. The normalized spacial score (nSPS) is 49.3. The van der Waals surface area contributed by atoms with E-state index in [4.69, 9.17) is 4.74 Å². The van der Waals surface area contributed by atoms with Gasteiger partial charge < -0.3 is 14.9 Å². The summed E-state index contributed by atoms with van der Waals surface area (Å²) in [7, 11) is 0. The Labute approximate surface area is 225 Å². The van der Waals surface area contributed by atoms with Gasteiger partial charge in [0.2, 0.25) is 0 Å². The number of ether oxygens (including phenoxy) is 1. The van der Waals surface area contributed by atoms with E-state index in [-0.39, 0.29) is 33.4 Å². The van der Waals surface area contributed by atoms with Crippen LogP contribution >= 0.6 is 0 Å². The van der Waals surface area contributed by atoms with E-state index in [2.05, 4.69) is 54.2 Å². The number of aliphatic hydroxyl groups is 2. The van der Waals surface area contributed by atoms with Gasteiger partial charge in [-0.2, -0.15) is 0 Å². The highest BCUT2D eigenvalue weighted by Crippen LogP contribution is 2.77. The molecule has 5 rings (SSSR count). The lowest BCUT2D eigenvalue weighted by atomic mass is 9.32. The first-order chi connectivity index (χ1) is 17.2. The molecule has 0 aromatic carbocycles. The molecule has 0 amide bonds. The number of fused-ring (bicyclic) bond motifs is 7. The fraction of sp³-hybridized carbons (Fsp3) is 0.848. The van der Waals surface area contributed by atoms with Gasteiger partial charge in [0, 0.05) is 24.2 Å². The minimum absolute atomic E-state index is 0.0556. The zero-order chi connectivity index (χ0) is 27.2.